The topological polar surface area (TPSA) is 64.5 Å². The summed E-state index contributed by atoms with van der Waals surface area (Å²) in [4.78, 5) is 7.92. The lowest BCUT2D eigenvalue weighted by atomic mass is 9.78. The minimum Gasteiger partial charge on any atom is -0.385 e. The van der Waals surface area contributed by atoms with E-state index in [2.05, 4.69) is 9.97 Å². The lowest BCUT2D eigenvalue weighted by Crippen LogP contribution is -2.42. The molecule has 0 radical (unpaired) electrons. The first-order chi connectivity index (χ1) is 8.23. The number of hydrogen-bond donors (Lipinski definition) is 1. The van der Waals surface area contributed by atoms with E-state index < -0.39 is 11.4 Å². The van der Waals surface area contributed by atoms with Crippen LogP contribution < -0.4 is 0 Å². The fourth-order valence-electron chi connectivity index (χ4n) is 2.66. The molecule has 1 aromatic rings. The third-order valence-electron chi connectivity index (χ3n) is 3.75. The first-order valence-electron chi connectivity index (χ1n) is 5.98. The van der Waals surface area contributed by atoms with Crippen molar-refractivity contribution in [1.82, 2.24) is 9.97 Å². The SMILES string of the molecule is OC1(c2cncnc2)CCC2(CC1)OCCO2. The van der Waals surface area contributed by atoms with Crippen molar-refractivity contribution in [1.29, 1.82) is 0 Å². The van der Waals surface area contributed by atoms with Gasteiger partial charge in [-0.25, -0.2) is 9.97 Å². The molecule has 5 nitrogen and oxygen atoms in total. The molecule has 5 heteroatoms. The van der Waals surface area contributed by atoms with E-state index in [1.54, 1.807) is 12.4 Å². The number of rotatable bonds is 1. The lowest BCUT2D eigenvalue weighted by Gasteiger charge is -2.40. The molecule has 1 aliphatic carbocycles. The Labute approximate surface area is 99.8 Å². The summed E-state index contributed by atoms with van der Waals surface area (Å²) in [6.45, 7) is 1.32. The van der Waals surface area contributed by atoms with Crippen LogP contribution in [0.15, 0.2) is 18.7 Å². The number of aromatic nitrogens is 2. The van der Waals surface area contributed by atoms with Crippen LogP contribution in [-0.4, -0.2) is 34.1 Å². The molecule has 0 unspecified atom stereocenters. The van der Waals surface area contributed by atoms with Gasteiger partial charge in [-0.05, 0) is 12.8 Å². The van der Waals surface area contributed by atoms with Gasteiger partial charge in [0.05, 0.1) is 18.8 Å². The van der Waals surface area contributed by atoms with Crippen LogP contribution in [-0.2, 0) is 15.1 Å². The minimum absolute atomic E-state index is 0.443. The summed E-state index contributed by atoms with van der Waals surface area (Å²) in [7, 11) is 0. The van der Waals surface area contributed by atoms with E-state index in [1.807, 2.05) is 0 Å². The van der Waals surface area contributed by atoms with Crippen LogP contribution in [0.2, 0.25) is 0 Å². The van der Waals surface area contributed by atoms with Crippen LogP contribution in [0.3, 0.4) is 0 Å². The smallest absolute Gasteiger partial charge is 0.168 e. The summed E-state index contributed by atoms with van der Waals surface area (Å²) in [5.74, 6) is -0.443. The second-order valence-electron chi connectivity index (χ2n) is 4.77. The predicted octanol–water partition coefficient (Wildman–Crippen LogP) is 0.981. The summed E-state index contributed by atoms with van der Waals surface area (Å²) in [5.41, 5.74) is -0.0465. The van der Waals surface area contributed by atoms with Crippen molar-refractivity contribution in [2.45, 2.75) is 37.1 Å². The fourth-order valence-corrected chi connectivity index (χ4v) is 2.66. The first-order valence-corrected chi connectivity index (χ1v) is 5.98. The van der Waals surface area contributed by atoms with Crippen LogP contribution in [0, 0.1) is 0 Å². The van der Waals surface area contributed by atoms with E-state index in [-0.39, 0.29) is 0 Å². The minimum atomic E-state index is -0.832. The van der Waals surface area contributed by atoms with Gasteiger partial charge < -0.3 is 14.6 Å². The van der Waals surface area contributed by atoms with Crippen molar-refractivity contribution in [3.63, 3.8) is 0 Å². The second kappa shape index (κ2) is 4.01. The van der Waals surface area contributed by atoms with E-state index in [4.69, 9.17) is 9.47 Å². The van der Waals surface area contributed by atoms with Gasteiger partial charge in [-0.15, -0.1) is 0 Å². The molecule has 1 saturated heterocycles. The molecule has 2 fully saturated rings. The predicted molar refractivity (Wildman–Crippen MR) is 59.0 cm³/mol. The largest absolute Gasteiger partial charge is 0.385 e. The molecule has 0 aromatic carbocycles. The molecule has 1 N–H and O–H groups in total. The summed E-state index contributed by atoms with van der Waals surface area (Å²) in [5, 5.41) is 10.6. The van der Waals surface area contributed by atoms with Crippen LogP contribution in [0.4, 0.5) is 0 Å². The van der Waals surface area contributed by atoms with E-state index in [0.717, 1.165) is 18.4 Å². The summed E-state index contributed by atoms with van der Waals surface area (Å²) < 4.78 is 11.3. The Morgan fingerprint density at radius 2 is 1.59 bits per heavy atom. The monoisotopic (exact) mass is 236 g/mol. The van der Waals surface area contributed by atoms with Crippen molar-refractivity contribution >= 4 is 0 Å². The molecule has 0 bridgehead atoms. The Morgan fingerprint density at radius 3 is 2.18 bits per heavy atom. The summed E-state index contributed by atoms with van der Waals surface area (Å²) >= 11 is 0. The van der Waals surface area contributed by atoms with Gasteiger partial charge >= 0.3 is 0 Å². The highest BCUT2D eigenvalue weighted by atomic mass is 16.7. The standard InChI is InChI=1S/C12H16N2O3/c15-11(10-7-13-9-14-8-10)1-3-12(4-2-11)16-5-6-17-12/h7-9,15H,1-6H2. The fraction of sp³-hybridized carbons (Fsp3) is 0.667. The van der Waals surface area contributed by atoms with Crippen LogP contribution in [0.5, 0.6) is 0 Å². The molecule has 17 heavy (non-hydrogen) atoms. The molecule has 92 valence electrons. The average molecular weight is 236 g/mol. The van der Waals surface area contributed by atoms with Crippen molar-refractivity contribution in [3.05, 3.63) is 24.3 Å². The zero-order chi connectivity index (χ0) is 11.8. The van der Waals surface area contributed by atoms with Gasteiger partial charge in [-0.1, -0.05) is 0 Å². The van der Waals surface area contributed by atoms with Crippen LogP contribution in [0.1, 0.15) is 31.2 Å². The van der Waals surface area contributed by atoms with Crippen molar-refractivity contribution in [2.24, 2.45) is 0 Å². The molecule has 2 aliphatic rings. The molecule has 2 heterocycles. The lowest BCUT2D eigenvalue weighted by molar-refractivity contribution is -0.204. The van der Waals surface area contributed by atoms with E-state index in [0.29, 0.717) is 26.1 Å². The van der Waals surface area contributed by atoms with Crippen LogP contribution in [0.25, 0.3) is 0 Å². The zero-order valence-corrected chi connectivity index (χ0v) is 9.63. The van der Waals surface area contributed by atoms with Crippen molar-refractivity contribution in [2.75, 3.05) is 13.2 Å². The third kappa shape index (κ3) is 1.94. The maximum Gasteiger partial charge on any atom is 0.168 e. The summed E-state index contributed by atoms with van der Waals surface area (Å²) in [6.07, 6.45) is 7.53. The molecule has 1 spiro atoms. The average Bonchev–Trinajstić information content (AvgIpc) is 2.84. The second-order valence-corrected chi connectivity index (χ2v) is 4.77. The molecule has 1 aromatic heterocycles. The highest BCUT2D eigenvalue weighted by molar-refractivity contribution is 5.15. The van der Waals surface area contributed by atoms with E-state index >= 15 is 0 Å². The Hall–Kier alpha value is -1.04. The molecule has 1 aliphatic heterocycles. The number of ether oxygens (including phenoxy) is 2. The number of aliphatic hydroxyl groups is 1. The molecule has 0 atom stereocenters. The van der Waals surface area contributed by atoms with Gasteiger partial charge in [0, 0.05) is 30.8 Å². The summed E-state index contributed by atoms with van der Waals surface area (Å²) in [6, 6.07) is 0. The van der Waals surface area contributed by atoms with Gasteiger partial charge in [0.2, 0.25) is 0 Å². The van der Waals surface area contributed by atoms with Gasteiger partial charge in [-0.3, -0.25) is 0 Å². The quantitative estimate of drug-likeness (QED) is 0.787. The van der Waals surface area contributed by atoms with Gasteiger partial charge in [0.1, 0.15) is 6.33 Å². The maximum absolute atomic E-state index is 10.6. The first kappa shape index (κ1) is 11.1. The Balaban J connectivity index is 1.75. The zero-order valence-electron chi connectivity index (χ0n) is 9.63. The maximum atomic E-state index is 10.6. The van der Waals surface area contributed by atoms with E-state index in [1.165, 1.54) is 6.33 Å². The van der Waals surface area contributed by atoms with Crippen molar-refractivity contribution < 1.29 is 14.6 Å². The highest BCUT2D eigenvalue weighted by Gasteiger charge is 2.46. The molecular formula is C12H16N2O3. The molecule has 3 rings (SSSR count). The number of hydrogen-bond acceptors (Lipinski definition) is 5. The van der Waals surface area contributed by atoms with Crippen LogP contribution >= 0.6 is 0 Å². The Kier molecular flexibility index (Phi) is 2.61. The molecular weight excluding hydrogens is 220 g/mol. The third-order valence-corrected chi connectivity index (χ3v) is 3.75. The molecule has 1 saturated carbocycles. The Morgan fingerprint density at radius 1 is 1.00 bits per heavy atom. The van der Waals surface area contributed by atoms with Gasteiger partial charge in [0.25, 0.3) is 0 Å². The van der Waals surface area contributed by atoms with E-state index in [9.17, 15) is 5.11 Å². The van der Waals surface area contributed by atoms with Crippen molar-refractivity contribution in [3.8, 4) is 0 Å². The van der Waals surface area contributed by atoms with Gasteiger partial charge in [0.15, 0.2) is 5.79 Å². The highest BCUT2D eigenvalue weighted by Crippen LogP contribution is 2.44. The number of nitrogens with zero attached hydrogens (tertiary/aromatic N) is 2. The Bertz CT molecular complexity index is 380. The molecule has 0 amide bonds. The normalized spacial score (nSPS) is 26.2. The van der Waals surface area contributed by atoms with Gasteiger partial charge in [-0.2, -0.15) is 0 Å².